The van der Waals surface area contributed by atoms with E-state index in [0.717, 1.165) is 0 Å². The van der Waals surface area contributed by atoms with Crippen LogP contribution in [0.5, 0.6) is 0 Å². The number of amides is 1. The fourth-order valence-electron chi connectivity index (χ4n) is 2.58. The summed E-state index contributed by atoms with van der Waals surface area (Å²) in [5.41, 5.74) is -2.26. The molecule has 0 aromatic rings. The smallest absolute Gasteiger partial charge is 0.340 e. The van der Waals surface area contributed by atoms with E-state index >= 15 is 0 Å². The third-order valence-electron chi connectivity index (χ3n) is 3.80. The summed E-state index contributed by atoms with van der Waals surface area (Å²) in [4.78, 5) is 15.9. The number of nitrogens with one attached hydrogen (secondary N) is 1. The summed E-state index contributed by atoms with van der Waals surface area (Å²) in [5, 5.41) is 2.70. The summed E-state index contributed by atoms with van der Waals surface area (Å²) in [6.07, 6.45) is -4.69. The fraction of sp³-hybridized carbons (Fsp3) is 0.929. The highest BCUT2D eigenvalue weighted by Crippen LogP contribution is 2.44. The lowest BCUT2D eigenvalue weighted by Gasteiger charge is -2.36. The van der Waals surface area contributed by atoms with Gasteiger partial charge in [-0.3, -0.25) is 4.79 Å². The number of halogens is 3. The monoisotopic (exact) mass is 309 g/mol. The molecule has 21 heavy (non-hydrogen) atoms. The van der Waals surface area contributed by atoms with Crippen LogP contribution in [0.25, 0.3) is 0 Å². The molecule has 1 fully saturated rings. The first-order valence-corrected chi connectivity index (χ1v) is 7.31. The van der Waals surface area contributed by atoms with Crippen molar-refractivity contribution in [1.82, 2.24) is 15.1 Å². The van der Waals surface area contributed by atoms with Gasteiger partial charge in [0.1, 0.15) is 0 Å². The minimum atomic E-state index is -4.51. The number of rotatable bonds is 6. The number of likely N-dealkylation sites (N-methyl/N-ethyl adjacent to an activating group) is 1. The van der Waals surface area contributed by atoms with Crippen molar-refractivity contribution in [1.29, 1.82) is 0 Å². The van der Waals surface area contributed by atoms with Crippen LogP contribution in [-0.4, -0.2) is 68.7 Å². The standard InChI is InChI=1S/C14H26F3N3O/c1-11(2)9-20(8-7-19(3)4)12(21)13(14(15,16)17)5-6-18-10-13/h11,18H,5-10H2,1-4H3. The van der Waals surface area contributed by atoms with Crippen LogP contribution in [0, 0.1) is 11.3 Å². The van der Waals surface area contributed by atoms with Crippen molar-refractivity contribution < 1.29 is 18.0 Å². The van der Waals surface area contributed by atoms with Crippen LogP contribution < -0.4 is 5.32 Å². The Kier molecular flexibility index (Phi) is 6.04. The van der Waals surface area contributed by atoms with E-state index in [1.54, 1.807) is 0 Å². The van der Waals surface area contributed by atoms with Crippen molar-refractivity contribution in [2.45, 2.75) is 26.4 Å². The molecule has 1 N–H and O–H groups in total. The lowest BCUT2D eigenvalue weighted by Crippen LogP contribution is -2.55. The molecule has 0 aliphatic carbocycles. The Morgan fingerprint density at radius 3 is 2.29 bits per heavy atom. The highest BCUT2D eigenvalue weighted by Gasteiger charge is 2.62. The van der Waals surface area contributed by atoms with Gasteiger partial charge in [-0.1, -0.05) is 13.8 Å². The molecule has 0 saturated carbocycles. The first-order chi connectivity index (χ1) is 9.60. The maximum Gasteiger partial charge on any atom is 0.404 e. The second-order valence-corrected chi connectivity index (χ2v) is 6.45. The molecule has 0 aromatic heterocycles. The molecule has 1 unspecified atom stereocenters. The van der Waals surface area contributed by atoms with Gasteiger partial charge in [0, 0.05) is 26.2 Å². The van der Waals surface area contributed by atoms with Crippen LogP contribution in [0.15, 0.2) is 0 Å². The lowest BCUT2D eigenvalue weighted by molar-refractivity contribution is -0.222. The zero-order valence-corrected chi connectivity index (χ0v) is 13.3. The third kappa shape index (κ3) is 4.32. The molecule has 1 amide bonds. The van der Waals surface area contributed by atoms with Crippen molar-refractivity contribution in [2.75, 3.05) is 46.8 Å². The van der Waals surface area contributed by atoms with Crippen molar-refractivity contribution in [3.05, 3.63) is 0 Å². The summed E-state index contributed by atoms with van der Waals surface area (Å²) in [7, 11) is 3.68. The molecule has 4 nitrogen and oxygen atoms in total. The first kappa shape index (κ1) is 18.2. The maximum absolute atomic E-state index is 13.5. The second kappa shape index (κ2) is 6.96. The molecular weight excluding hydrogens is 283 g/mol. The zero-order valence-electron chi connectivity index (χ0n) is 13.3. The number of hydrogen-bond donors (Lipinski definition) is 1. The summed E-state index contributed by atoms with van der Waals surface area (Å²) in [6.45, 7) is 4.96. The zero-order chi connectivity index (χ0) is 16.3. The molecule has 1 aliphatic rings. The second-order valence-electron chi connectivity index (χ2n) is 6.45. The van der Waals surface area contributed by atoms with Crippen LogP contribution in [-0.2, 0) is 4.79 Å². The van der Waals surface area contributed by atoms with E-state index < -0.39 is 17.5 Å². The van der Waals surface area contributed by atoms with E-state index in [1.807, 2.05) is 32.8 Å². The van der Waals surface area contributed by atoms with E-state index in [9.17, 15) is 18.0 Å². The summed E-state index contributed by atoms with van der Waals surface area (Å²) >= 11 is 0. The molecular formula is C14H26F3N3O. The van der Waals surface area contributed by atoms with Crippen molar-refractivity contribution in [3.63, 3.8) is 0 Å². The number of nitrogens with zero attached hydrogens (tertiary/aromatic N) is 2. The van der Waals surface area contributed by atoms with Crippen LogP contribution in [0.1, 0.15) is 20.3 Å². The van der Waals surface area contributed by atoms with E-state index in [-0.39, 0.29) is 25.4 Å². The Morgan fingerprint density at radius 2 is 1.90 bits per heavy atom. The van der Waals surface area contributed by atoms with Crippen LogP contribution in [0.2, 0.25) is 0 Å². The van der Waals surface area contributed by atoms with Gasteiger partial charge in [0.2, 0.25) is 5.91 Å². The molecule has 1 aliphatic heterocycles. The molecule has 0 radical (unpaired) electrons. The van der Waals surface area contributed by atoms with Gasteiger partial charge in [0.25, 0.3) is 0 Å². The van der Waals surface area contributed by atoms with Gasteiger partial charge in [0.15, 0.2) is 5.41 Å². The van der Waals surface area contributed by atoms with Crippen molar-refractivity contribution in [2.24, 2.45) is 11.3 Å². The van der Waals surface area contributed by atoms with Gasteiger partial charge in [-0.15, -0.1) is 0 Å². The number of alkyl halides is 3. The SMILES string of the molecule is CC(C)CN(CCN(C)C)C(=O)C1(C(F)(F)F)CCNC1. The van der Waals surface area contributed by atoms with Crippen molar-refractivity contribution in [3.8, 4) is 0 Å². The maximum atomic E-state index is 13.5. The fourth-order valence-corrected chi connectivity index (χ4v) is 2.58. The Balaban J connectivity index is 2.95. The quantitative estimate of drug-likeness (QED) is 0.809. The third-order valence-corrected chi connectivity index (χ3v) is 3.80. The van der Waals surface area contributed by atoms with E-state index in [1.165, 1.54) is 4.90 Å². The number of carbonyl (C=O) groups is 1. The lowest BCUT2D eigenvalue weighted by atomic mass is 9.84. The summed E-state index contributed by atoms with van der Waals surface area (Å²) < 4.78 is 40.4. The highest BCUT2D eigenvalue weighted by atomic mass is 19.4. The Morgan fingerprint density at radius 1 is 1.29 bits per heavy atom. The minimum Gasteiger partial charge on any atom is -0.340 e. The highest BCUT2D eigenvalue weighted by molar-refractivity contribution is 5.84. The molecule has 124 valence electrons. The van der Waals surface area contributed by atoms with Gasteiger partial charge < -0.3 is 15.1 Å². The van der Waals surface area contributed by atoms with Gasteiger partial charge in [-0.05, 0) is 33.0 Å². The van der Waals surface area contributed by atoms with Gasteiger partial charge in [-0.2, -0.15) is 13.2 Å². The Bertz CT molecular complexity index is 350. The normalized spacial score (nSPS) is 23.1. The van der Waals surface area contributed by atoms with Gasteiger partial charge >= 0.3 is 6.18 Å². The number of carbonyl (C=O) groups excluding carboxylic acids is 1. The first-order valence-electron chi connectivity index (χ1n) is 7.31. The Labute approximate surface area is 124 Å². The topological polar surface area (TPSA) is 35.6 Å². The molecule has 1 heterocycles. The number of hydrogen-bond acceptors (Lipinski definition) is 3. The van der Waals surface area contributed by atoms with Gasteiger partial charge in [-0.25, -0.2) is 0 Å². The molecule has 1 atom stereocenters. The predicted molar refractivity (Wildman–Crippen MR) is 75.9 cm³/mol. The Hall–Kier alpha value is -0.820. The minimum absolute atomic E-state index is 0.135. The molecule has 7 heteroatoms. The average molecular weight is 309 g/mol. The van der Waals surface area contributed by atoms with E-state index in [4.69, 9.17) is 0 Å². The molecule has 0 bridgehead atoms. The largest absolute Gasteiger partial charge is 0.404 e. The molecule has 1 rings (SSSR count). The molecule has 0 spiro atoms. The van der Waals surface area contributed by atoms with E-state index in [0.29, 0.717) is 19.6 Å². The summed E-state index contributed by atoms with van der Waals surface area (Å²) in [5.74, 6) is -0.647. The molecule has 1 saturated heterocycles. The van der Waals surface area contributed by atoms with Crippen LogP contribution >= 0.6 is 0 Å². The van der Waals surface area contributed by atoms with Gasteiger partial charge in [0.05, 0.1) is 0 Å². The van der Waals surface area contributed by atoms with Crippen LogP contribution in [0.4, 0.5) is 13.2 Å². The van der Waals surface area contributed by atoms with Crippen molar-refractivity contribution >= 4 is 5.91 Å². The summed E-state index contributed by atoms with van der Waals surface area (Å²) in [6, 6.07) is 0. The predicted octanol–water partition coefficient (Wildman–Crippen LogP) is 1.57. The molecule has 0 aromatic carbocycles. The van der Waals surface area contributed by atoms with Crippen LogP contribution in [0.3, 0.4) is 0 Å². The van der Waals surface area contributed by atoms with E-state index in [2.05, 4.69) is 5.32 Å². The average Bonchev–Trinajstić information content (AvgIpc) is 2.82.